The van der Waals surface area contributed by atoms with Crippen molar-refractivity contribution in [1.29, 1.82) is 0 Å². The lowest BCUT2D eigenvalue weighted by Crippen LogP contribution is -2.29. The van der Waals surface area contributed by atoms with Crippen LogP contribution in [0, 0.1) is 0 Å². The SMILES string of the molecule is Clc1ccc(-c2nc3cc(-c4ccc5ccccc5c4)cnc3n2C2CCNCC2)cc1. The summed E-state index contributed by atoms with van der Waals surface area (Å²) in [7, 11) is 0. The average molecular weight is 439 g/mol. The summed E-state index contributed by atoms with van der Waals surface area (Å²) in [5, 5.41) is 6.67. The number of hydrogen-bond acceptors (Lipinski definition) is 3. The van der Waals surface area contributed by atoms with Gasteiger partial charge in [-0.1, -0.05) is 48.0 Å². The number of fused-ring (bicyclic) bond motifs is 2. The van der Waals surface area contributed by atoms with Crippen LogP contribution in [0.5, 0.6) is 0 Å². The van der Waals surface area contributed by atoms with Crippen molar-refractivity contribution in [2.45, 2.75) is 18.9 Å². The van der Waals surface area contributed by atoms with Gasteiger partial charge >= 0.3 is 0 Å². The molecule has 1 N–H and O–H groups in total. The van der Waals surface area contributed by atoms with Crippen LogP contribution in [-0.4, -0.2) is 27.6 Å². The van der Waals surface area contributed by atoms with E-state index in [1.165, 1.54) is 10.8 Å². The second-order valence-corrected chi connectivity index (χ2v) is 8.86. The number of rotatable bonds is 3. The molecule has 5 aromatic rings. The number of halogens is 1. The minimum absolute atomic E-state index is 0.381. The van der Waals surface area contributed by atoms with Gasteiger partial charge in [-0.05, 0) is 78.7 Å². The molecule has 0 atom stereocenters. The first-order valence-corrected chi connectivity index (χ1v) is 11.5. The molecule has 0 unspecified atom stereocenters. The van der Waals surface area contributed by atoms with Crippen LogP contribution in [0.1, 0.15) is 18.9 Å². The van der Waals surface area contributed by atoms with E-state index in [4.69, 9.17) is 21.6 Å². The van der Waals surface area contributed by atoms with Gasteiger partial charge in [0.2, 0.25) is 0 Å². The van der Waals surface area contributed by atoms with E-state index in [0.29, 0.717) is 6.04 Å². The quantitative estimate of drug-likeness (QED) is 0.349. The molecule has 0 radical (unpaired) electrons. The largest absolute Gasteiger partial charge is 0.317 e. The van der Waals surface area contributed by atoms with Crippen LogP contribution in [0.4, 0.5) is 0 Å². The van der Waals surface area contributed by atoms with Gasteiger partial charge in [-0.25, -0.2) is 9.97 Å². The molecular weight excluding hydrogens is 416 g/mol. The molecule has 5 heteroatoms. The van der Waals surface area contributed by atoms with Crippen molar-refractivity contribution < 1.29 is 0 Å². The van der Waals surface area contributed by atoms with Gasteiger partial charge in [0.1, 0.15) is 11.3 Å². The molecule has 158 valence electrons. The number of benzene rings is 3. The Kier molecular flexibility index (Phi) is 4.90. The van der Waals surface area contributed by atoms with Crippen molar-refractivity contribution >= 4 is 33.5 Å². The number of nitrogens with one attached hydrogen (secondary N) is 1. The zero-order chi connectivity index (χ0) is 21.5. The molecule has 6 rings (SSSR count). The number of piperidine rings is 1. The standard InChI is InChI=1S/C27H23ClN4/c28-23-9-7-19(8-10-23)26-31-25-16-22(21-6-5-18-3-1-2-4-20(18)15-21)17-30-27(25)32(26)24-11-13-29-14-12-24/h1-10,15-17,24,29H,11-14H2. The van der Waals surface area contributed by atoms with Crippen LogP contribution >= 0.6 is 11.6 Å². The topological polar surface area (TPSA) is 42.7 Å². The summed E-state index contributed by atoms with van der Waals surface area (Å²) in [6.07, 6.45) is 4.12. The number of pyridine rings is 1. The first kappa shape index (κ1) is 19.5. The van der Waals surface area contributed by atoms with E-state index in [9.17, 15) is 0 Å². The summed E-state index contributed by atoms with van der Waals surface area (Å²) in [5.74, 6) is 0.965. The predicted octanol–water partition coefficient (Wildman–Crippen LogP) is 6.50. The second kappa shape index (κ2) is 8.05. The molecule has 32 heavy (non-hydrogen) atoms. The van der Waals surface area contributed by atoms with Crippen molar-refractivity contribution in [2.75, 3.05) is 13.1 Å². The van der Waals surface area contributed by atoms with Crippen LogP contribution in [0.25, 0.3) is 44.5 Å². The van der Waals surface area contributed by atoms with E-state index >= 15 is 0 Å². The highest BCUT2D eigenvalue weighted by atomic mass is 35.5. The molecule has 3 heterocycles. The predicted molar refractivity (Wildman–Crippen MR) is 132 cm³/mol. The summed E-state index contributed by atoms with van der Waals surface area (Å²) in [4.78, 5) is 10.0. The second-order valence-electron chi connectivity index (χ2n) is 8.42. The molecule has 0 bridgehead atoms. The fourth-order valence-corrected chi connectivity index (χ4v) is 4.85. The van der Waals surface area contributed by atoms with Gasteiger partial charge in [0.15, 0.2) is 5.65 Å². The Morgan fingerprint density at radius 3 is 2.38 bits per heavy atom. The smallest absolute Gasteiger partial charge is 0.160 e. The Labute approximate surface area is 191 Å². The van der Waals surface area contributed by atoms with E-state index < -0.39 is 0 Å². The average Bonchev–Trinajstić information content (AvgIpc) is 3.23. The van der Waals surface area contributed by atoms with Gasteiger partial charge in [0, 0.05) is 28.4 Å². The maximum atomic E-state index is 6.15. The fraction of sp³-hybridized carbons (Fsp3) is 0.185. The van der Waals surface area contributed by atoms with Crippen LogP contribution < -0.4 is 5.32 Å². The number of aromatic nitrogens is 3. The Morgan fingerprint density at radius 1 is 0.812 bits per heavy atom. The van der Waals surface area contributed by atoms with Crippen LogP contribution in [-0.2, 0) is 0 Å². The Hall–Kier alpha value is -3.21. The van der Waals surface area contributed by atoms with Crippen molar-refractivity contribution in [2.24, 2.45) is 0 Å². The van der Waals surface area contributed by atoms with Crippen molar-refractivity contribution in [3.8, 4) is 22.5 Å². The summed E-state index contributed by atoms with van der Waals surface area (Å²) in [5.41, 5.74) is 5.19. The van der Waals surface area contributed by atoms with E-state index in [2.05, 4.69) is 58.4 Å². The molecule has 3 aromatic carbocycles. The van der Waals surface area contributed by atoms with Gasteiger partial charge in [-0.2, -0.15) is 0 Å². The Morgan fingerprint density at radius 2 is 1.56 bits per heavy atom. The zero-order valence-electron chi connectivity index (χ0n) is 17.6. The number of imidazole rings is 1. The third kappa shape index (κ3) is 3.46. The summed E-state index contributed by atoms with van der Waals surface area (Å²) in [6, 6.07) is 25.5. The third-order valence-electron chi connectivity index (χ3n) is 6.39. The summed E-state index contributed by atoms with van der Waals surface area (Å²) < 4.78 is 2.34. The Bertz CT molecular complexity index is 1420. The van der Waals surface area contributed by atoms with Gasteiger partial charge in [-0.3, -0.25) is 0 Å². The highest BCUT2D eigenvalue weighted by Crippen LogP contribution is 2.34. The molecule has 1 saturated heterocycles. The van der Waals surface area contributed by atoms with Crippen LogP contribution in [0.2, 0.25) is 5.02 Å². The first-order valence-electron chi connectivity index (χ1n) is 11.1. The molecule has 1 aliphatic rings. The van der Waals surface area contributed by atoms with Crippen molar-refractivity contribution in [3.05, 3.63) is 84.0 Å². The van der Waals surface area contributed by atoms with Crippen molar-refractivity contribution in [3.63, 3.8) is 0 Å². The van der Waals surface area contributed by atoms with Gasteiger partial charge in [-0.15, -0.1) is 0 Å². The van der Waals surface area contributed by atoms with E-state index in [1.807, 2.05) is 30.5 Å². The minimum Gasteiger partial charge on any atom is -0.317 e. The Balaban J connectivity index is 1.51. The van der Waals surface area contributed by atoms with Gasteiger partial charge in [0.25, 0.3) is 0 Å². The lowest BCUT2D eigenvalue weighted by molar-refractivity contribution is 0.376. The molecular formula is C27H23ClN4. The van der Waals surface area contributed by atoms with Gasteiger partial charge in [0.05, 0.1) is 0 Å². The molecule has 1 fully saturated rings. The molecule has 1 aliphatic heterocycles. The molecule has 0 spiro atoms. The van der Waals surface area contributed by atoms with E-state index in [1.54, 1.807) is 0 Å². The minimum atomic E-state index is 0.381. The van der Waals surface area contributed by atoms with Crippen LogP contribution in [0.15, 0.2) is 79.0 Å². The lowest BCUT2D eigenvalue weighted by Gasteiger charge is -2.26. The maximum absolute atomic E-state index is 6.15. The summed E-state index contributed by atoms with van der Waals surface area (Å²) >= 11 is 6.15. The fourth-order valence-electron chi connectivity index (χ4n) is 4.72. The zero-order valence-corrected chi connectivity index (χ0v) is 18.4. The summed E-state index contributed by atoms with van der Waals surface area (Å²) in [6.45, 7) is 2.03. The molecule has 0 saturated carbocycles. The van der Waals surface area contributed by atoms with Gasteiger partial charge < -0.3 is 9.88 Å². The number of hydrogen-bond donors (Lipinski definition) is 1. The molecule has 4 nitrogen and oxygen atoms in total. The monoisotopic (exact) mass is 438 g/mol. The highest BCUT2D eigenvalue weighted by Gasteiger charge is 2.23. The number of nitrogens with zero attached hydrogens (tertiary/aromatic N) is 3. The first-order chi connectivity index (χ1) is 15.8. The highest BCUT2D eigenvalue weighted by molar-refractivity contribution is 6.30. The maximum Gasteiger partial charge on any atom is 0.160 e. The van der Waals surface area contributed by atoms with E-state index in [0.717, 1.165) is 64.6 Å². The third-order valence-corrected chi connectivity index (χ3v) is 6.64. The normalized spacial score (nSPS) is 14.9. The van der Waals surface area contributed by atoms with Crippen molar-refractivity contribution in [1.82, 2.24) is 19.9 Å². The molecule has 2 aromatic heterocycles. The molecule has 0 aliphatic carbocycles. The lowest BCUT2D eigenvalue weighted by atomic mass is 10.0. The van der Waals surface area contributed by atoms with E-state index in [-0.39, 0.29) is 0 Å². The molecule has 0 amide bonds. The van der Waals surface area contributed by atoms with Crippen LogP contribution in [0.3, 0.4) is 0 Å².